The van der Waals surface area contributed by atoms with Gasteiger partial charge in [-0.1, -0.05) is 18.2 Å². The molecule has 2 aromatic rings. The standard InChI is InChI=1S/C17H18N2OS/c20-17(19-9-6-16-12(11-19)7-10-21-16)14-5-8-18-15-4-2-1-3-13(14)15/h1-4,7,10,14,18H,5-6,8-9,11H2. The Labute approximate surface area is 128 Å². The predicted molar refractivity (Wildman–Crippen MR) is 85.7 cm³/mol. The van der Waals surface area contributed by atoms with Crippen molar-refractivity contribution in [2.45, 2.75) is 25.3 Å². The zero-order chi connectivity index (χ0) is 14.2. The number of hydrogen-bond donors (Lipinski definition) is 1. The van der Waals surface area contributed by atoms with Crippen molar-refractivity contribution in [1.29, 1.82) is 0 Å². The topological polar surface area (TPSA) is 32.3 Å². The van der Waals surface area contributed by atoms with E-state index in [0.29, 0.717) is 5.91 Å². The number of carbonyl (C=O) groups excluding carboxylic acids is 1. The Balaban J connectivity index is 1.59. The van der Waals surface area contributed by atoms with E-state index in [1.54, 1.807) is 0 Å². The molecule has 0 bridgehead atoms. The smallest absolute Gasteiger partial charge is 0.230 e. The summed E-state index contributed by atoms with van der Waals surface area (Å²) in [5, 5.41) is 5.53. The van der Waals surface area contributed by atoms with E-state index in [0.717, 1.165) is 43.7 Å². The first-order valence-electron chi connectivity index (χ1n) is 7.50. The predicted octanol–water partition coefficient (Wildman–Crippen LogP) is 3.23. The number of nitrogens with one attached hydrogen (secondary N) is 1. The summed E-state index contributed by atoms with van der Waals surface area (Å²) < 4.78 is 0. The zero-order valence-electron chi connectivity index (χ0n) is 11.8. The first-order chi connectivity index (χ1) is 10.3. The van der Waals surface area contributed by atoms with Crippen LogP contribution in [0.15, 0.2) is 35.7 Å². The van der Waals surface area contributed by atoms with Crippen molar-refractivity contribution < 1.29 is 4.79 Å². The number of carbonyl (C=O) groups is 1. The molecule has 1 unspecified atom stereocenters. The molecule has 1 aromatic heterocycles. The lowest BCUT2D eigenvalue weighted by Crippen LogP contribution is -2.40. The highest BCUT2D eigenvalue weighted by molar-refractivity contribution is 7.10. The molecular formula is C17H18N2OS. The number of benzene rings is 1. The second-order valence-corrected chi connectivity index (χ2v) is 6.73. The summed E-state index contributed by atoms with van der Waals surface area (Å²) in [6.07, 6.45) is 1.90. The fraction of sp³-hybridized carbons (Fsp3) is 0.353. The first kappa shape index (κ1) is 12.9. The van der Waals surface area contributed by atoms with Gasteiger partial charge in [-0.2, -0.15) is 0 Å². The van der Waals surface area contributed by atoms with Gasteiger partial charge in [0.15, 0.2) is 0 Å². The summed E-state index contributed by atoms with van der Waals surface area (Å²) in [5.74, 6) is 0.309. The van der Waals surface area contributed by atoms with Gasteiger partial charge in [-0.25, -0.2) is 0 Å². The van der Waals surface area contributed by atoms with Crippen LogP contribution in [0.3, 0.4) is 0 Å². The maximum Gasteiger partial charge on any atom is 0.230 e. The summed E-state index contributed by atoms with van der Waals surface area (Å²) in [6, 6.07) is 10.4. The summed E-state index contributed by atoms with van der Waals surface area (Å²) in [6.45, 7) is 2.52. The van der Waals surface area contributed by atoms with Crippen LogP contribution in [0.5, 0.6) is 0 Å². The van der Waals surface area contributed by atoms with Crippen molar-refractivity contribution in [2.75, 3.05) is 18.4 Å². The minimum absolute atomic E-state index is 0.0163. The van der Waals surface area contributed by atoms with Gasteiger partial charge in [0.2, 0.25) is 5.91 Å². The average Bonchev–Trinajstić information content (AvgIpc) is 3.01. The molecular weight excluding hydrogens is 280 g/mol. The highest BCUT2D eigenvalue weighted by Crippen LogP contribution is 2.34. The maximum atomic E-state index is 12.9. The number of hydrogen-bond acceptors (Lipinski definition) is 3. The molecule has 4 heteroatoms. The van der Waals surface area contributed by atoms with E-state index >= 15 is 0 Å². The van der Waals surface area contributed by atoms with Crippen LogP contribution in [0.1, 0.15) is 28.3 Å². The van der Waals surface area contributed by atoms with Gasteiger partial charge < -0.3 is 10.2 Å². The molecule has 1 N–H and O–H groups in total. The van der Waals surface area contributed by atoms with Crippen LogP contribution in [0.4, 0.5) is 5.69 Å². The third-order valence-corrected chi connectivity index (χ3v) is 5.53. The number of nitrogens with zero attached hydrogens (tertiary/aromatic N) is 1. The molecule has 2 aliphatic heterocycles. The molecule has 0 saturated carbocycles. The summed E-state index contributed by atoms with van der Waals surface area (Å²) in [4.78, 5) is 16.4. The minimum atomic E-state index is 0.0163. The molecule has 0 spiro atoms. The second-order valence-electron chi connectivity index (χ2n) is 5.73. The number of para-hydroxylation sites is 1. The van der Waals surface area contributed by atoms with Crippen LogP contribution in [0.25, 0.3) is 0 Å². The Morgan fingerprint density at radius 2 is 2.19 bits per heavy atom. The molecule has 3 heterocycles. The van der Waals surface area contributed by atoms with Gasteiger partial charge >= 0.3 is 0 Å². The van der Waals surface area contributed by atoms with Crippen LogP contribution in [0, 0.1) is 0 Å². The molecule has 1 atom stereocenters. The van der Waals surface area contributed by atoms with Gasteiger partial charge in [0.05, 0.1) is 5.92 Å². The highest BCUT2D eigenvalue weighted by atomic mass is 32.1. The van der Waals surface area contributed by atoms with E-state index in [1.165, 1.54) is 10.4 Å². The van der Waals surface area contributed by atoms with Crippen molar-refractivity contribution in [3.8, 4) is 0 Å². The van der Waals surface area contributed by atoms with Gasteiger partial charge in [0.1, 0.15) is 0 Å². The van der Waals surface area contributed by atoms with Crippen molar-refractivity contribution in [3.63, 3.8) is 0 Å². The number of amides is 1. The van der Waals surface area contributed by atoms with E-state index in [9.17, 15) is 4.79 Å². The van der Waals surface area contributed by atoms with Gasteiger partial charge in [-0.3, -0.25) is 4.79 Å². The van der Waals surface area contributed by atoms with Crippen molar-refractivity contribution in [3.05, 3.63) is 51.7 Å². The zero-order valence-corrected chi connectivity index (χ0v) is 12.7. The van der Waals surface area contributed by atoms with E-state index in [-0.39, 0.29) is 5.92 Å². The Morgan fingerprint density at radius 1 is 1.29 bits per heavy atom. The van der Waals surface area contributed by atoms with Crippen molar-refractivity contribution in [2.24, 2.45) is 0 Å². The number of rotatable bonds is 1. The van der Waals surface area contributed by atoms with E-state index in [4.69, 9.17) is 0 Å². The molecule has 0 saturated heterocycles. The van der Waals surface area contributed by atoms with Gasteiger partial charge in [0, 0.05) is 30.2 Å². The van der Waals surface area contributed by atoms with Gasteiger partial charge in [-0.15, -0.1) is 11.3 Å². The van der Waals surface area contributed by atoms with E-state index < -0.39 is 0 Å². The quantitative estimate of drug-likeness (QED) is 0.876. The SMILES string of the molecule is O=C(C1CCNc2ccccc21)N1CCc2sccc2C1. The Bertz CT molecular complexity index is 679. The summed E-state index contributed by atoms with van der Waals surface area (Å²) in [5.41, 5.74) is 3.61. The molecule has 1 amide bonds. The van der Waals surface area contributed by atoms with E-state index in [2.05, 4.69) is 28.9 Å². The van der Waals surface area contributed by atoms with Crippen molar-refractivity contribution >= 4 is 22.9 Å². The molecule has 1 aromatic carbocycles. The van der Waals surface area contributed by atoms with Gasteiger partial charge in [-0.05, 0) is 41.5 Å². The fourth-order valence-corrected chi connectivity index (χ4v) is 4.27. The molecule has 0 fully saturated rings. The molecule has 0 aliphatic carbocycles. The highest BCUT2D eigenvalue weighted by Gasteiger charge is 2.31. The normalized spacial score (nSPS) is 20.4. The van der Waals surface area contributed by atoms with Crippen LogP contribution in [-0.4, -0.2) is 23.9 Å². The monoisotopic (exact) mass is 298 g/mol. The van der Waals surface area contributed by atoms with Crippen molar-refractivity contribution in [1.82, 2.24) is 4.90 Å². The average molecular weight is 298 g/mol. The molecule has 0 radical (unpaired) electrons. The van der Waals surface area contributed by atoms with Crippen LogP contribution >= 0.6 is 11.3 Å². The lowest BCUT2D eigenvalue weighted by atomic mass is 9.89. The van der Waals surface area contributed by atoms with Gasteiger partial charge in [0.25, 0.3) is 0 Å². The van der Waals surface area contributed by atoms with E-state index in [1.807, 2.05) is 28.4 Å². The fourth-order valence-electron chi connectivity index (χ4n) is 3.38. The van der Waals surface area contributed by atoms with Crippen LogP contribution < -0.4 is 5.32 Å². The summed E-state index contributed by atoms with van der Waals surface area (Å²) >= 11 is 1.82. The number of anilines is 1. The molecule has 4 rings (SSSR count). The molecule has 108 valence electrons. The minimum Gasteiger partial charge on any atom is -0.385 e. The third kappa shape index (κ3) is 2.23. The number of fused-ring (bicyclic) bond motifs is 2. The number of thiophene rings is 1. The maximum absolute atomic E-state index is 12.9. The Morgan fingerprint density at radius 3 is 3.14 bits per heavy atom. The lowest BCUT2D eigenvalue weighted by Gasteiger charge is -2.33. The first-order valence-corrected chi connectivity index (χ1v) is 8.38. The molecule has 2 aliphatic rings. The molecule has 21 heavy (non-hydrogen) atoms. The largest absolute Gasteiger partial charge is 0.385 e. The Hall–Kier alpha value is -1.81. The molecule has 3 nitrogen and oxygen atoms in total. The van der Waals surface area contributed by atoms with Crippen LogP contribution in [-0.2, 0) is 17.8 Å². The van der Waals surface area contributed by atoms with Crippen LogP contribution in [0.2, 0.25) is 0 Å². The summed E-state index contributed by atoms with van der Waals surface area (Å²) in [7, 11) is 0. The lowest BCUT2D eigenvalue weighted by molar-refractivity contribution is -0.133. The Kier molecular flexibility index (Phi) is 3.19. The third-order valence-electron chi connectivity index (χ3n) is 4.50. The second kappa shape index (κ2) is 5.19.